The maximum atomic E-state index is 12.3. The van der Waals surface area contributed by atoms with Crippen molar-refractivity contribution in [3.05, 3.63) is 64.7 Å². The summed E-state index contributed by atoms with van der Waals surface area (Å²) in [6.07, 6.45) is 0. The fourth-order valence-corrected chi connectivity index (χ4v) is 3.86. The Morgan fingerprint density at radius 1 is 1.12 bits per heavy atom. The molecule has 2 aromatic rings. The molecule has 0 aliphatic carbocycles. The minimum atomic E-state index is -3.91. The molecule has 0 aliphatic rings. The molecule has 2 N–H and O–H groups in total. The van der Waals surface area contributed by atoms with E-state index in [1.165, 1.54) is 18.2 Å². The molecule has 2 aromatic carbocycles. The molecule has 9 heteroatoms. The predicted molar refractivity (Wildman–Crippen MR) is 97.8 cm³/mol. The van der Waals surface area contributed by atoms with Crippen LogP contribution in [-0.4, -0.2) is 24.6 Å². The molecule has 0 bridgehead atoms. The van der Waals surface area contributed by atoms with E-state index in [1.807, 2.05) is 44.2 Å². The summed E-state index contributed by atoms with van der Waals surface area (Å²) < 4.78 is 24.6. The van der Waals surface area contributed by atoms with Gasteiger partial charge in [0.25, 0.3) is 15.7 Å². The molecule has 0 aromatic heterocycles. The highest BCUT2D eigenvalue weighted by Crippen LogP contribution is 2.22. The first-order valence-corrected chi connectivity index (χ1v) is 9.88. The molecule has 0 spiro atoms. The molecule has 0 heterocycles. The highest BCUT2D eigenvalue weighted by molar-refractivity contribution is 7.99. The van der Waals surface area contributed by atoms with Crippen molar-refractivity contribution in [1.29, 1.82) is 0 Å². The average Bonchev–Trinajstić information content (AvgIpc) is 2.60. The van der Waals surface area contributed by atoms with Gasteiger partial charge in [-0.05, 0) is 32.0 Å². The standard InChI is InChI=1S/C16H19N3O4S2/c1-16(2,12-24-14-8-4-3-5-9-14)17-18-25(22,23)15-10-6-7-13(11-15)19(20)21/h3-11,17-18H,12H2,1-2H3. The van der Waals surface area contributed by atoms with Gasteiger partial charge in [-0.25, -0.2) is 13.8 Å². The molecule has 0 saturated heterocycles. The number of benzene rings is 2. The summed E-state index contributed by atoms with van der Waals surface area (Å²) >= 11 is 1.59. The third-order valence-electron chi connectivity index (χ3n) is 3.21. The van der Waals surface area contributed by atoms with E-state index >= 15 is 0 Å². The number of sulfonamides is 1. The lowest BCUT2D eigenvalue weighted by Gasteiger charge is -2.26. The van der Waals surface area contributed by atoms with Crippen molar-refractivity contribution in [1.82, 2.24) is 10.3 Å². The molecule has 7 nitrogen and oxygen atoms in total. The van der Waals surface area contributed by atoms with Crippen molar-refractivity contribution in [2.24, 2.45) is 0 Å². The van der Waals surface area contributed by atoms with Gasteiger partial charge in [-0.3, -0.25) is 10.1 Å². The van der Waals surface area contributed by atoms with E-state index < -0.39 is 20.5 Å². The second-order valence-electron chi connectivity index (χ2n) is 5.97. The number of nitrogens with one attached hydrogen (secondary N) is 2. The second kappa shape index (κ2) is 7.96. The topological polar surface area (TPSA) is 101 Å². The maximum Gasteiger partial charge on any atom is 0.270 e. The van der Waals surface area contributed by atoms with Gasteiger partial charge in [-0.1, -0.05) is 24.3 Å². The lowest BCUT2D eigenvalue weighted by Crippen LogP contribution is -2.52. The first-order chi connectivity index (χ1) is 11.7. The molecule has 134 valence electrons. The quantitative estimate of drug-likeness (QED) is 0.414. The molecule has 0 amide bonds. The van der Waals surface area contributed by atoms with E-state index in [1.54, 1.807) is 11.8 Å². The Labute approximate surface area is 151 Å². The molecule has 0 unspecified atom stereocenters. The molecule has 0 saturated carbocycles. The number of hydrogen-bond donors (Lipinski definition) is 2. The number of nitrogens with zero attached hydrogens (tertiary/aromatic N) is 1. The first-order valence-electron chi connectivity index (χ1n) is 7.41. The van der Waals surface area contributed by atoms with Gasteiger partial charge < -0.3 is 0 Å². The van der Waals surface area contributed by atoms with Crippen molar-refractivity contribution in [2.75, 3.05) is 5.75 Å². The van der Waals surface area contributed by atoms with Crippen LogP contribution < -0.4 is 10.3 Å². The van der Waals surface area contributed by atoms with E-state index in [4.69, 9.17) is 0 Å². The van der Waals surface area contributed by atoms with Gasteiger partial charge in [0.05, 0.1) is 9.82 Å². The van der Waals surface area contributed by atoms with E-state index in [0.29, 0.717) is 5.75 Å². The minimum absolute atomic E-state index is 0.166. The Kier molecular flexibility index (Phi) is 6.17. The Morgan fingerprint density at radius 2 is 1.80 bits per heavy atom. The lowest BCUT2D eigenvalue weighted by molar-refractivity contribution is -0.385. The monoisotopic (exact) mass is 381 g/mol. The van der Waals surface area contributed by atoms with Crippen molar-refractivity contribution in [2.45, 2.75) is 29.2 Å². The summed E-state index contributed by atoms with van der Waals surface area (Å²) in [7, 11) is -3.91. The van der Waals surface area contributed by atoms with Crippen LogP contribution in [0.5, 0.6) is 0 Å². The molecule has 0 radical (unpaired) electrons. The minimum Gasteiger partial charge on any atom is -0.258 e. The first kappa shape index (κ1) is 19.4. The van der Waals surface area contributed by atoms with Crippen LogP contribution in [0.4, 0.5) is 5.69 Å². The molecular formula is C16H19N3O4S2. The zero-order valence-electron chi connectivity index (χ0n) is 13.8. The number of hydrazine groups is 1. The van der Waals surface area contributed by atoms with Gasteiger partial charge in [0.15, 0.2) is 0 Å². The van der Waals surface area contributed by atoms with E-state index in [2.05, 4.69) is 10.3 Å². The normalized spacial score (nSPS) is 12.1. The Morgan fingerprint density at radius 3 is 2.44 bits per heavy atom. The van der Waals surface area contributed by atoms with Crippen molar-refractivity contribution in [3.63, 3.8) is 0 Å². The van der Waals surface area contributed by atoms with Gasteiger partial charge in [-0.2, -0.15) is 0 Å². The molecule has 2 rings (SSSR count). The van der Waals surface area contributed by atoms with E-state index in [-0.39, 0.29) is 10.6 Å². The predicted octanol–water partition coefficient (Wildman–Crippen LogP) is 2.95. The molecular weight excluding hydrogens is 362 g/mol. The van der Waals surface area contributed by atoms with Gasteiger partial charge in [0.1, 0.15) is 0 Å². The summed E-state index contributed by atoms with van der Waals surface area (Å²) in [5.74, 6) is 0.620. The van der Waals surface area contributed by atoms with Gasteiger partial charge in [-0.15, -0.1) is 16.6 Å². The second-order valence-corrected chi connectivity index (χ2v) is 8.70. The molecule has 0 fully saturated rings. The number of nitro benzene ring substituents is 1. The summed E-state index contributed by atoms with van der Waals surface area (Å²) in [5.41, 5.74) is 1.98. The smallest absolute Gasteiger partial charge is 0.258 e. The third-order valence-corrected chi connectivity index (χ3v) is 5.92. The highest BCUT2D eigenvalue weighted by Gasteiger charge is 2.23. The van der Waals surface area contributed by atoms with Crippen LogP contribution in [0, 0.1) is 10.1 Å². The van der Waals surface area contributed by atoms with Crippen LogP contribution in [0.2, 0.25) is 0 Å². The highest BCUT2D eigenvalue weighted by atomic mass is 32.2. The van der Waals surface area contributed by atoms with Crippen LogP contribution in [0.1, 0.15) is 13.8 Å². The zero-order chi connectivity index (χ0) is 18.5. The lowest BCUT2D eigenvalue weighted by atomic mass is 10.1. The maximum absolute atomic E-state index is 12.3. The fraction of sp³-hybridized carbons (Fsp3) is 0.250. The Hall–Kier alpha value is -1.94. The SMILES string of the molecule is CC(C)(CSc1ccccc1)NNS(=O)(=O)c1cccc([N+](=O)[O-])c1. The van der Waals surface area contributed by atoms with Crippen LogP contribution in [-0.2, 0) is 10.0 Å². The summed E-state index contributed by atoms with van der Waals surface area (Å²) in [6.45, 7) is 3.72. The van der Waals surface area contributed by atoms with Crippen LogP contribution in [0.3, 0.4) is 0 Å². The largest absolute Gasteiger partial charge is 0.270 e. The summed E-state index contributed by atoms with van der Waals surface area (Å²) in [6, 6.07) is 14.7. The number of non-ortho nitro benzene ring substituents is 1. The number of thioether (sulfide) groups is 1. The van der Waals surface area contributed by atoms with Crippen LogP contribution in [0.25, 0.3) is 0 Å². The van der Waals surface area contributed by atoms with E-state index in [9.17, 15) is 18.5 Å². The zero-order valence-corrected chi connectivity index (χ0v) is 15.4. The average molecular weight is 381 g/mol. The van der Waals surface area contributed by atoms with Crippen LogP contribution >= 0.6 is 11.8 Å². The Balaban J connectivity index is 2.00. The molecule has 0 aliphatic heterocycles. The van der Waals surface area contributed by atoms with Gasteiger partial charge in [0, 0.05) is 28.3 Å². The van der Waals surface area contributed by atoms with E-state index in [0.717, 1.165) is 11.0 Å². The fourth-order valence-electron chi connectivity index (χ4n) is 1.85. The summed E-state index contributed by atoms with van der Waals surface area (Å²) in [5, 5.41) is 10.8. The van der Waals surface area contributed by atoms with Gasteiger partial charge >= 0.3 is 0 Å². The molecule has 0 atom stereocenters. The Bertz CT molecular complexity index is 839. The van der Waals surface area contributed by atoms with Crippen molar-refractivity contribution < 1.29 is 13.3 Å². The number of nitro groups is 1. The number of hydrogen-bond acceptors (Lipinski definition) is 6. The van der Waals surface area contributed by atoms with Crippen LogP contribution in [0.15, 0.2) is 64.4 Å². The van der Waals surface area contributed by atoms with Crippen molar-refractivity contribution >= 4 is 27.5 Å². The third kappa shape index (κ3) is 5.82. The van der Waals surface area contributed by atoms with Gasteiger partial charge in [0.2, 0.25) is 0 Å². The summed E-state index contributed by atoms with van der Waals surface area (Å²) in [4.78, 5) is 13.4. The number of rotatable bonds is 8. The molecule has 25 heavy (non-hydrogen) atoms. The van der Waals surface area contributed by atoms with Crippen molar-refractivity contribution in [3.8, 4) is 0 Å².